The third kappa shape index (κ3) is 4.17. The summed E-state index contributed by atoms with van der Waals surface area (Å²) in [6.45, 7) is 3.31. The Bertz CT molecular complexity index is 912. The van der Waals surface area contributed by atoms with Crippen LogP contribution in [0, 0.1) is 6.92 Å². The quantitative estimate of drug-likeness (QED) is 0.727. The third-order valence-electron chi connectivity index (χ3n) is 4.28. The predicted molar refractivity (Wildman–Crippen MR) is 105 cm³/mol. The minimum absolute atomic E-state index is 0.0960. The lowest BCUT2D eigenvalue weighted by molar-refractivity contribution is -0.127. The zero-order chi connectivity index (χ0) is 18.7. The Morgan fingerprint density at radius 1 is 1.12 bits per heavy atom. The molecule has 26 heavy (non-hydrogen) atoms. The lowest BCUT2D eigenvalue weighted by atomic mass is 10.2. The van der Waals surface area contributed by atoms with Crippen LogP contribution in [-0.2, 0) is 14.8 Å². The molecule has 0 N–H and O–H groups in total. The maximum absolute atomic E-state index is 12.7. The minimum atomic E-state index is -3.56. The average molecular weight is 411 g/mol. The summed E-state index contributed by atoms with van der Waals surface area (Å²) in [7, 11) is -3.56. The lowest BCUT2D eigenvalue weighted by Gasteiger charge is -2.33. The molecule has 1 aromatic heterocycles. The second kappa shape index (κ2) is 7.92. The highest BCUT2D eigenvalue weighted by Gasteiger charge is 2.29. The number of hydrogen-bond donors (Lipinski definition) is 0. The highest BCUT2D eigenvalue weighted by Crippen LogP contribution is 2.20. The molecule has 1 aromatic carbocycles. The zero-order valence-electron chi connectivity index (χ0n) is 14.3. The maximum Gasteiger partial charge on any atom is 0.246 e. The first kappa shape index (κ1) is 19.1. The molecule has 1 saturated heterocycles. The van der Waals surface area contributed by atoms with Crippen molar-refractivity contribution in [2.24, 2.45) is 0 Å². The zero-order valence-corrected chi connectivity index (χ0v) is 16.6. The summed E-state index contributed by atoms with van der Waals surface area (Å²) in [6, 6.07) is 8.13. The molecule has 3 rings (SSSR count). The molecule has 5 nitrogen and oxygen atoms in total. The van der Waals surface area contributed by atoms with Gasteiger partial charge in [0.15, 0.2) is 0 Å². The van der Waals surface area contributed by atoms with E-state index in [1.165, 1.54) is 16.4 Å². The number of benzene rings is 1. The summed E-state index contributed by atoms with van der Waals surface area (Å²) in [6.07, 6.45) is 3.38. The second-order valence-corrected chi connectivity index (χ2v) is 9.31. The van der Waals surface area contributed by atoms with Crippen LogP contribution in [0.15, 0.2) is 46.7 Å². The Hall–Kier alpha value is -1.67. The molecule has 1 aliphatic heterocycles. The van der Waals surface area contributed by atoms with Gasteiger partial charge in [0.05, 0.1) is 4.90 Å². The van der Waals surface area contributed by atoms with Gasteiger partial charge in [0, 0.05) is 42.2 Å². The lowest BCUT2D eigenvalue weighted by Crippen LogP contribution is -2.50. The van der Waals surface area contributed by atoms with E-state index in [4.69, 9.17) is 11.6 Å². The number of amides is 1. The Morgan fingerprint density at radius 2 is 1.77 bits per heavy atom. The molecule has 1 fully saturated rings. The fourth-order valence-corrected chi connectivity index (χ4v) is 5.08. The summed E-state index contributed by atoms with van der Waals surface area (Å²) in [4.78, 5) is 15.3. The molecule has 138 valence electrons. The first-order chi connectivity index (χ1) is 12.4. The van der Waals surface area contributed by atoms with E-state index in [1.807, 2.05) is 24.4 Å². The van der Waals surface area contributed by atoms with Crippen LogP contribution in [0.1, 0.15) is 10.4 Å². The van der Waals surface area contributed by atoms with E-state index in [0.29, 0.717) is 18.1 Å². The van der Waals surface area contributed by atoms with Gasteiger partial charge in [-0.3, -0.25) is 4.79 Å². The van der Waals surface area contributed by atoms with Crippen molar-refractivity contribution in [1.29, 1.82) is 0 Å². The molecule has 2 aromatic rings. The van der Waals surface area contributed by atoms with E-state index in [1.54, 1.807) is 34.4 Å². The molecule has 0 aliphatic carbocycles. The molecule has 0 spiro atoms. The minimum Gasteiger partial charge on any atom is -0.337 e. The summed E-state index contributed by atoms with van der Waals surface area (Å²) in [5, 5.41) is 2.48. The molecule has 0 atom stereocenters. The SMILES string of the molecule is Cc1ccsc1/C=C/C(=O)N1CCN(S(=O)(=O)c2ccc(Cl)cc2)CC1. The molecular weight excluding hydrogens is 392 g/mol. The molecule has 8 heteroatoms. The Kier molecular flexibility index (Phi) is 5.82. The van der Waals surface area contributed by atoms with Gasteiger partial charge in [-0.05, 0) is 54.3 Å². The largest absolute Gasteiger partial charge is 0.337 e. The van der Waals surface area contributed by atoms with Gasteiger partial charge in [0.25, 0.3) is 0 Å². The van der Waals surface area contributed by atoms with Gasteiger partial charge in [-0.1, -0.05) is 11.6 Å². The number of sulfonamides is 1. The van der Waals surface area contributed by atoms with Crippen molar-refractivity contribution in [3.8, 4) is 0 Å². The second-order valence-electron chi connectivity index (χ2n) is 5.98. The van der Waals surface area contributed by atoms with Crippen molar-refractivity contribution in [2.45, 2.75) is 11.8 Å². The number of thiophene rings is 1. The Morgan fingerprint density at radius 3 is 2.35 bits per heavy atom. The fraction of sp³-hybridized carbons (Fsp3) is 0.278. The van der Waals surface area contributed by atoms with Crippen molar-refractivity contribution in [2.75, 3.05) is 26.2 Å². The molecule has 2 heterocycles. The number of rotatable bonds is 4. The topological polar surface area (TPSA) is 57.7 Å². The molecule has 0 unspecified atom stereocenters. The van der Waals surface area contributed by atoms with Crippen molar-refractivity contribution in [3.63, 3.8) is 0 Å². The van der Waals surface area contributed by atoms with E-state index in [2.05, 4.69) is 0 Å². The standard InChI is InChI=1S/C18H19ClN2O3S2/c1-14-8-13-25-17(14)6-7-18(22)20-9-11-21(12-10-20)26(23,24)16-4-2-15(19)3-5-16/h2-8,13H,9-12H2,1H3/b7-6+. The number of piperazine rings is 1. The normalized spacial score (nSPS) is 16.3. The van der Waals surface area contributed by atoms with Crippen LogP contribution in [0.3, 0.4) is 0 Å². The van der Waals surface area contributed by atoms with Gasteiger partial charge in [-0.25, -0.2) is 8.42 Å². The molecular formula is C18H19ClN2O3S2. The number of halogens is 1. The third-order valence-corrected chi connectivity index (χ3v) is 7.43. The number of hydrogen-bond acceptors (Lipinski definition) is 4. The fourth-order valence-electron chi connectivity index (χ4n) is 2.71. The van der Waals surface area contributed by atoms with Gasteiger partial charge < -0.3 is 4.90 Å². The van der Waals surface area contributed by atoms with E-state index < -0.39 is 10.0 Å². The maximum atomic E-state index is 12.7. The van der Waals surface area contributed by atoms with Crippen LogP contribution < -0.4 is 0 Å². The van der Waals surface area contributed by atoms with Crippen molar-refractivity contribution in [1.82, 2.24) is 9.21 Å². The van der Waals surface area contributed by atoms with Crippen molar-refractivity contribution < 1.29 is 13.2 Å². The van der Waals surface area contributed by atoms with E-state index in [0.717, 1.165) is 10.4 Å². The summed E-state index contributed by atoms with van der Waals surface area (Å²) < 4.78 is 26.7. The number of carbonyl (C=O) groups excluding carboxylic acids is 1. The smallest absolute Gasteiger partial charge is 0.246 e. The number of nitrogens with zero attached hydrogens (tertiary/aromatic N) is 2. The van der Waals surface area contributed by atoms with Crippen LogP contribution in [0.5, 0.6) is 0 Å². The van der Waals surface area contributed by atoms with Gasteiger partial charge in [-0.2, -0.15) is 4.31 Å². The summed E-state index contributed by atoms with van der Waals surface area (Å²) in [5.41, 5.74) is 1.14. The van der Waals surface area contributed by atoms with Crippen LogP contribution in [0.25, 0.3) is 6.08 Å². The van der Waals surface area contributed by atoms with Crippen molar-refractivity contribution in [3.05, 3.63) is 57.3 Å². The molecule has 0 saturated carbocycles. The first-order valence-corrected chi connectivity index (χ1v) is 10.8. The molecule has 1 aliphatic rings. The predicted octanol–water partition coefficient (Wildman–Crippen LogP) is 3.26. The highest BCUT2D eigenvalue weighted by molar-refractivity contribution is 7.89. The monoisotopic (exact) mass is 410 g/mol. The van der Waals surface area contributed by atoms with Gasteiger partial charge >= 0.3 is 0 Å². The Labute approximate surface area is 162 Å². The summed E-state index contributed by atoms with van der Waals surface area (Å²) in [5.74, 6) is -0.0960. The van der Waals surface area contributed by atoms with Gasteiger partial charge in [0.2, 0.25) is 15.9 Å². The van der Waals surface area contributed by atoms with E-state index in [9.17, 15) is 13.2 Å². The molecule has 0 bridgehead atoms. The van der Waals surface area contributed by atoms with Crippen LogP contribution in [-0.4, -0.2) is 49.7 Å². The van der Waals surface area contributed by atoms with Gasteiger partial charge in [-0.15, -0.1) is 11.3 Å². The van der Waals surface area contributed by atoms with Crippen LogP contribution in [0.4, 0.5) is 0 Å². The van der Waals surface area contributed by atoms with Crippen LogP contribution in [0.2, 0.25) is 5.02 Å². The molecule has 1 amide bonds. The molecule has 0 radical (unpaired) electrons. The van der Waals surface area contributed by atoms with E-state index in [-0.39, 0.29) is 23.9 Å². The average Bonchev–Trinajstić information content (AvgIpc) is 3.05. The number of carbonyl (C=O) groups is 1. The first-order valence-electron chi connectivity index (χ1n) is 8.15. The summed E-state index contributed by atoms with van der Waals surface area (Å²) >= 11 is 7.41. The highest BCUT2D eigenvalue weighted by atomic mass is 35.5. The van der Waals surface area contributed by atoms with E-state index >= 15 is 0 Å². The van der Waals surface area contributed by atoms with Gasteiger partial charge in [0.1, 0.15) is 0 Å². The van der Waals surface area contributed by atoms with Crippen LogP contribution >= 0.6 is 22.9 Å². The number of aryl methyl sites for hydroxylation is 1. The Balaban J connectivity index is 1.61. The van der Waals surface area contributed by atoms with Crippen molar-refractivity contribution >= 4 is 44.9 Å².